The predicted octanol–water partition coefficient (Wildman–Crippen LogP) is -3.47. The fourth-order valence-corrected chi connectivity index (χ4v) is 8.41. The number of imidazole rings is 1. The van der Waals surface area contributed by atoms with Crippen LogP contribution >= 0.6 is 0 Å². The van der Waals surface area contributed by atoms with Gasteiger partial charge in [0.15, 0.2) is 6.04 Å². The number of amides is 10. The fourth-order valence-electron chi connectivity index (χ4n) is 8.41. The zero-order valence-electron chi connectivity index (χ0n) is 43.7. The van der Waals surface area contributed by atoms with E-state index < -0.39 is 132 Å². The van der Waals surface area contributed by atoms with Gasteiger partial charge in [0.25, 0.3) is 0 Å². The maximum absolute atomic E-state index is 14.7. The summed E-state index contributed by atoms with van der Waals surface area (Å²) in [6, 6.07) is 1.42. The number of nitrogens with zero attached hydrogens (tertiary/aromatic N) is 2. The van der Waals surface area contributed by atoms with E-state index in [9.17, 15) is 68.1 Å². The van der Waals surface area contributed by atoms with Gasteiger partial charge in [0.1, 0.15) is 48.0 Å². The summed E-state index contributed by atoms with van der Waals surface area (Å²) in [4.78, 5) is 155. The van der Waals surface area contributed by atoms with E-state index in [0.29, 0.717) is 23.2 Å². The second kappa shape index (κ2) is 29.7. The van der Waals surface area contributed by atoms with E-state index in [-0.39, 0.29) is 63.2 Å². The van der Waals surface area contributed by atoms with Crippen LogP contribution in [-0.2, 0) is 72.0 Å². The first-order valence-corrected chi connectivity index (χ1v) is 25.3. The van der Waals surface area contributed by atoms with Crippen LogP contribution < -0.4 is 54.4 Å². The van der Waals surface area contributed by atoms with Gasteiger partial charge in [-0.25, -0.2) is 9.78 Å². The van der Waals surface area contributed by atoms with Crippen molar-refractivity contribution in [2.45, 2.75) is 146 Å². The number of H-pyrrole nitrogens is 1. The molecule has 0 spiro atoms. The predicted molar refractivity (Wildman–Crippen MR) is 277 cm³/mol. The zero-order valence-corrected chi connectivity index (χ0v) is 43.7. The number of rotatable bonds is 30. The lowest BCUT2D eigenvalue weighted by Crippen LogP contribution is -2.61. The highest BCUT2D eigenvalue weighted by Crippen LogP contribution is 2.22. The molecule has 1 saturated heterocycles. The molecule has 424 valence electrons. The fraction of sp³-hybridized carbons (Fsp3) is 0.490. The zero-order chi connectivity index (χ0) is 57.8. The van der Waals surface area contributed by atoms with Gasteiger partial charge in [-0.3, -0.25) is 47.9 Å². The number of nitrogens with two attached hydrogens (primary N) is 3. The third kappa shape index (κ3) is 19.6. The third-order valence-corrected chi connectivity index (χ3v) is 12.6. The number of carbonyl (C=O) groups excluding carboxylic acids is 10. The molecule has 27 nitrogen and oxygen atoms in total. The molecule has 4 rings (SSSR count). The number of carbonyl (C=O) groups is 11. The van der Waals surface area contributed by atoms with Gasteiger partial charge < -0.3 is 79.6 Å². The van der Waals surface area contributed by atoms with Gasteiger partial charge in [0, 0.05) is 44.1 Å². The maximum Gasteiger partial charge on any atom is 0.328 e. The molecule has 1 aliphatic heterocycles. The number of carboxylic acid groups (broad SMARTS) is 1. The Kier molecular flexibility index (Phi) is 23.7. The molecule has 0 bridgehead atoms. The number of primary amides is 2. The number of aliphatic hydroxyl groups is 1. The molecule has 0 aliphatic carbocycles. The van der Waals surface area contributed by atoms with Gasteiger partial charge >= 0.3 is 5.97 Å². The number of aliphatic hydroxyl groups excluding tert-OH is 1. The Bertz CT molecular complexity index is 2580. The number of benzene rings is 2. The van der Waals surface area contributed by atoms with E-state index in [1.165, 1.54) is 48.6 Å². The van der Waals surface area contributed by atoms with Crippen molar-refractivity contribution in [2.24, 2.45) is 23.1 Å². The SMILES string of the molecule is CC(C)C[C@H](NC(=O)[C@H](Cc1ccc(O)cc1)NC(=O)[C@H](Cc1cnc[nH]1)NC(=O)[C@@H](N)CCC(N)=O)C(=O)N1CCC[C@H]1C(=O)N[C@@H](Cc1ccccc1)C(=O)N[C@@H](CC(N)=O)C(=O)N[C@@H](C)C(=O)N[C@H](C(=O)O)[C@@H](C)O. The molecule has 0 saturated carbocycles. The van der Waals surface area contributed by atoms with Crippen LogP contribution in [0.1, 0.15) is 83.0 Å². The van der Waals surface area contributed by atoms with Crippen molar-refractivity contribution in [3.63, 3.8) is 0 Å². The van der Waals surface area contributed by atoms with Gasteiger partial charge in [-0.15, -0.1) is 0 Å². The number of aromatic nitrogens is 2. The average molecular weight is 1090 g/mol. The first-order chi connectivity index (χ1) is 36.8. The van der Waals surface area contributed by atoms with E-state index in [0.717, 1.165) is 6.92 Å². The van der Waals surface area contributed by atoms with E-state index in [2.05, 4.69) is 47.2 Å². The molecule has 10 amide bonds. The molecule has 1 aromatic heterocycles. The van der Waals surface area contributed by atoms with Crippen LogP contribution in [0.2, 0.25) is 0 Å². The number of aliphatic carboxylic acids is 1. The molecule has 0 unspecified atom stereocenters. The summed E-state index contributed by atoms with van der Waals surface area (Å²) < 4.78 is 0. The topological polar surface area (TPSA) is 443 Å². The Morgan fingerprint density at radius 3 is 1.78 bits per heavy atom. The Balaban J connectivity index is 1.58. The first kappa shape index (κ1) is 62.1. The number of carboxylic acids is 1. The average Bonchev–Trinajstić information content (AvgIpc) is 4.10. The molecule has 1 aliphatic rings. The van der Waals surface area contributed by atoms with E-state index >= 15 is 0 Å². The van der Waals surface area contributed by atoms with Crippen LogP contribution in [-0.4, -0.2) is 162 Å². The quantitative estimate of drug-likeness (QED) is 0.0308. The van der Waals surface area contributed by atoms with Crippen molar-refractivity contribution in [2.75, 3.05) is 6.54 Å². The Hall–Kier alpha value is -8.46. The molecule has 27 heteroatoms. The summed E-state index contributed by atoms with van der Waals surface area (Å²) in [5.74, 6) is -10.5. The van der Waals surface area contributed by atoms with Crippen molar-refractivity contribution in [1.29, 1.82) is 0 Å². The molecule has 2 aromatic carbocycles. The maximum atomic E-state index is 14.7. The van der Waals surface area contributed by atoms with Crippen molar-refractivity contribution >= 4 is 65.0 Å². The Morgan fingerprint density at radius 2 is 1.23 bits per heavy atom. The minimum atomic E-state index is -1.73. The van der Waals surface area contributed by atoms with Gasteiger partial charge in [-0.1, -0.05) is 56.3 Å². The summed E-state index contributed by atoms with van der Waals surface area (Å²) in [6.07, 6.45) is 0.226. The molecule has 2 heterocycles. The molecule has 17 N–H and O–H groups in total. The second-order valence-electron chi connectivity index (χ2n) is 19.5. The van der Waals surface area contributed by atoms with Crippen LogP contribution in [0.3, 0.4) is 0 Å². The van der Waals surface area contributed by atoms with Crippen LogP contribution in [0.25, 0.3) is 0 Å². The van der Waals surface area contributed by atoms with Gasteiger partial charge in [-0.2, -0.15) is 0 Å². The van der Waals surface area contributed by atoms with Crippen molar-refractivity contribution in [3.05, 3.63) is 83.9 Å². The second-order valence-corrected chi connectivity index (χ2v) is 19.5. The lowest BCUT2D eigenvalue weighted by atomic mass is 9.99. The highest BCUT2D eigenvalue weighted by Gasteiger charge is 2.41. The van der Waals surface area contributed by atoms with Crippen molar-refractivity contribution in [1.82, 2.24) is 52.1 Å². The van der Waals surface area contributed by atoms with Crippen LogP contribution in [0.15, 0.2) is 67.1 Å². The van der Waals surface area contributed by atoms with E-state index in [1.54, 1.807) is 44.2 Å². The summed E-state index contributed by atoms with van der Waals surface area (Å²) in [6.45, 7) is 5.97. The number of aromatic hydroxyl groups is 1. The smallest absolute Gasteiger partial charge is 0.328 e. The number of nitrogens with one attached hydrogen (secondary N) is 8. The molecule has 0 radical (unpaired) electrons. The van der Waals surface area contributed by atoms with Crippen LogP contribution in [0, 0.1) is 5.92 Å². The molecule has 10 atom stereocenters. The van der Waals surface area contributed by atoms with Crippen LogP contribution in [0.5, 0.6) is 5.75 Å². The number of phenols is 1. The number of hydrogen-bond acceptors (Lipinski definition) is 15. The molecule has 78 heavy (non-hydrogen) atoms. The van der Waals surface area contributed by atoms with Crippen LogP contribution in [0.4, 0.5) is 0 Å². The number of aromatic amines is 1. The summed E-state index contributed by atoms with van der Waals surface area (Å²) >= 11 is 0. The van der Waals surface area contributed by atoms with Crippen molar-refractivity contribution in [3.8, 4) is 5.75 Å². The Morgan fingerprint density at radius 1 is 0.679 bits per heavy atom. The summed E-state index contributed by atoms with van der Waals surface area (Å²) in [7, 11) is 0. The van der Waals surface area contributed by atoms with Gasteiger partial charge in [-0.05, 0) is 68.7 Å². The lowest BCUT2D eigenvalue weighted by molar-refractivity contribution is -0.145. The van der Waals surface area contributed by atoms with E-state index in [4.69, 9.17) is 17.2 Å². The van der Waals surface area contributed by atoms with Crippen molar-refractivity contribution < 1.29 is 68.1 Å². The third-order valence-electron chi connectivity index (χ3n) is 12.6. The monoisotopic (exact) mass is 1090 g/mol. The molecular weight excluding hydrogens is 1020 g/mol. The summed E-state index contributed by atoms with van der Waals surface area (Å²) in [5, 5.41) is 46.7. The standard InChI is InChI=1S/C51H71N13O14/c1-26(2)19-38(62-47(73)34(21-30-12-14-32(66)15-13-30)59-48(74)36(22-31-24-55-25-56-31)58-44(70)33(52)16-17-40(53)67)50(76)64-18-8-11-39(64)49(75)61-35(20-29-9-6-5-7-10-29)46(72)60-37(23-41(54)68)45(71)57-27(3)43(69)63-42(28(4)65)51(77)78/h5-7,9-10,12-15,24-28,33-39,42,65-66H,8,11,16-23,52H2,1-4H3,(H2,53,67)(H2,54,68)(H,55,56)(H,57,71)(H,58,70)(H,59,74)(H,60,72)(H,61,75)(H,62,73)(H,63,69)(H,77,78)/t27-,28+,33-,34-,35-,36-,37-,38-,39-,42-/m0/s1. The van der Waals surface area contributed by atoms with Gasteiger partial charge in [0.05, 0.1) is 24.9 Å². The van der Waals surface area contributed by atoms with E-state index in [1.807, 2.05) is 0 Å². The first-order valence-electron chi connectivity index (χ1n) is 25.3. The largest absolute Gasteiger partial charge is 0.508 e. The summed E-state index contributed by atoms with van der Waals surface area (Å²) in [5.41, 5.74) is 18.2. The molecular formula is C51H71N13O14. The minimum Gasteiger partial charge on any atom is -0.508 e. The molecule has 1 fully saturated rings. The highest BCUT2D eigenvalue weighted by atomic mass is 16.4. The highest BCUT2D eigenvalue weighted by molar-refractivity contribution is 5.99. The normalized spacial score (nSPS) is 16.6. The minimum absolute atomic E-state index is 0.0538. The molecule has 3 aromatic rings. The van der Waals surface area contributed by atoms with Gasteiger partial charge in [0.2, 0.25) is 59.1 Å². The lowest BCUT2D eigenvalue weighted by Gasteiger charge is -2.32. The number of likely N-dealkylation sites (tertiary alicyclic amines) is 1. The number of phenolic OH excluding ortho intramolecular Hbond substituents is 1. The number of hydrogen-bond donors (Lipinski definition) is 14. The Labute approximate surface area is 449 Å².